The first kappa shape index (κ1) is 22.7. The zero-order valence-corrected chi connectivity index (χ0v) is 18.1. The molecule has 0 fully saturated rings. The second-order valence-electron chi connectivity index (χ2n) is 7.75. The summed E-state index contributed by atoms with van der Waals surface area (Å²) in [5.41, 5.74) is 1.91. The summed E-state index contributed by atoms with van der Waals surface area (Å²) >= 11 is 0. The van der Waals surface area contributed by atoms with Gasteiger partial charge < -0.3 is 20.9 Å². The molecule has 0 saturated carbocycles. The Morgan fingerprint density at radius 2 is 1.87 bits per heavy atom. The molecule has 3 rings (SSSR count). The first-order valence-corrected chi connectivity index (χ1v) is 10.4. The molecule has 1 aliphatic rings. The molecule has 1 aliphatic heterocycles. The van der Waals surface area contributed by atoms with Crippen LogP contribution >= 0.6 is 0 Å². The highest BCUT2D eigenvalue weighted by Crippen LogP contribution is 2.31. The van der Waals surface area contributed by atoms with E-state index in [-0.39, 0.29) is 23.9 Å². The van der Waals surface area contributed by atoms with Gasteiger partial charge in [0.25, 0.3) is 0 Å². The SMILES string of the molecule is CCNC(=NCC(c1c(F)cccc1F)N(C)C)NCC1CC(=O)Nc2ccccc21. The van der Waals surface area contributed by atoms with E-state index < -0.39 is 17.7 Å². The molecule has 6 nitrogen and oxygen atoms in total. The number of amides is 1. The third-order valence-corrected chi connectivity index (χ3v) is 5.35. The quantitative estimate of drug-likeness (QED) is 0.467. The molecule has 0 radical (unpaired) electrons. The van der Waals surface area contributed by atoms with E-state index in [0.717, 1.165) is 11.3 Å². The van der Waals surface area contributed by atoms with Crippen LogP contribution in [0.1, 0.15) is 36.4 Å². The molecule has 2 aromatic rings. The fourth-order valence-electron chi connectivity index (χ4n) is 3.77. The first-order chi connectivity index (χ1) is 14.9. The van der Waals surface area contributed by atoms with E-state index >= 15 is 0 Å². The molecular weight excluding hydrogens is 400 g/mol. The number of carbonyl (C=O) groups is 1. The summed E-state index contributed by atoms with van der Waals surface area (Å²) in [6, 6.07) is 11.1. The molecule has 0 aliphatic carbocycles. The van der Waals surface area contributed by atoms with Crippen LogP contribution in [0.15, 0.2) is 47.5 Å². The van der Waals surface area contributed by atoms with Crippen molar-refractivity contribution in [2.45, 2.75) is 25.3 Å². The molecule has 2 unspecified atom stereocenters. The number of carbonyl (C=O) groups excluding carboxylic acids is 1. The van der Waals surface area contributed by atoms with Gasteiger partial charge in [-0.2, -0.15) is 0 Å². The van der Waals surface area contributed by atoms with Crippen LogP contribution in [-0.2, 0) is 4.79 Å². The number of hydrogen-bond donors (Lipinski definition) is 3. The van der Waals surface area contributed by atoms with Crippen molar-refractivity contribution in [2.24, 2.45) is 4.99 Å². The summed E-state index contributed by atoms with van der Waals surface area (Å²) in [5.74, 6) is -0.652. The number of fused-ring (bicyclic) bond motifs is 1. The highest BCUT2D eigenvalue weighted by molar-refractivity contribution is 5.94. The van der Waals surface area contributed by atoms with Crippen LogP contribution < -0.4 is 16.0 Å². The van der Waals surface area contributed by atoms with Gasteiger partial charge in [-0.1, -0.05) is 24.3 Å². The van der Waals surface area contributed by atoms with Crippen molar-refractivity contribution < 1.29 is 13.6 Å². The summed E-state index contributed by atoms with van der Waals surface area (Å²) in [6.45, 7) is 3.26. The maximum atomic E-state index is 14.3. The Morgan fingerprint density at radius 1 is 1.16 bits per heavy atom. The molecular formula is C23H29F2N5O. The molecule has 3 N–H and O–H groups in total. The van der Waals surface area contributed by atoms with Crippen LogP contribution in [0.4, 0.5) is 14.5 Å². The van der Waals surface area contributed by atoms with Gasteiger partial charge >= 0.3 is 0 Å². The molecule has 0 bridgehead atoms. The van der Waals surface area contributed by atoms with Crippen LogP contribution in [-0.4, -0.2) is 50.5 Å². The van der Waals surface area contributed by atoms with Crippen LogP contribution in [0.5, 0.6) is 0 Å². The molecule has 31 heavy (non-hydrogen) atoms. The molecule has 1 heterocycles. The fourth-order valence-corrected chi connectivity index (χ4v) is 3.77. The molecule has 0 aromatic heterocycles. The van der Waals surface area contributed by atoms with Gasteiger partial charge in [-0.05, 0) is 44.8 Å². The van der Waals surface area contributed by atoms with E-state index in [0.29, 0.717) is 25.5 Å². The van der Waals surface area contributed by atoms with Gasteiger partial charge in [0.05, 0.1) is 12.6 Å². The van der Waals surface area contributed by atoms with Crippen molar-refractivity contribution in [1.29, 1.82) is 0 Å². The number of anilines is 1. The highest BCUT2D eigenvalue weighted by Gasteiger charge is 2.25. The van der Waals surface area contributed by atoms with Crippen LogP contribution in [0, 0.1) is 11.6 Å². The number of guanidine groups is 1. The zero-order valence-electron chi connectivity index (χ0n) is 18.1. The molecule has 0 saturated heterocycles. The normalized spacial score (nSPS) is 17.2. The standard InChI is InChI=1S/C23H29F2N5O/c1-4-26-23(27-13-15-12-21(31)29-19-11-6-5-8-16(15)19)28-14-20(30(2)3)22-17(24)9-7-10-18(22)25/h5-11,15,20H,4,12-14H2,1-3H3,(H,29,31)(H2,26,27,28). The average Bonchev–Trinajstić information content (AvgIpc) is 2.73. The van der Waals surface area contributed by atoms with Crippen LogP contribution in [0.25, 0.3) is 0 Å². The summed E-state index contributed by atoms with van der Waals surface area (Å²) in [7, 11) is 3.54. The molecule has 2 atom stereocenters. The Bertz CT molecular complexity index is 927. The Labute approximate surface area is 181 Å². The lowest BCUT2D eigenvalue weighted by Crippen LogP contribution is -2.41. The number of likely N-dealkylation sites (N-methyl/N-ethyl adjacent to an activating group) is 1. The summed E-state index contributed by atoms with van der Waals surface area (Å²) in [5, 5.41) is 9.34. The van der Waals surface area contributed by atoms with Crippen LogP contribution in [0.2, 0.25) is 0 Å². The number of aliphatic imine (C=N–C) groups is 1. The number of nitrogens with zero attached hydrogens (tertiary/aromatic N) is 2. The van der Waals surface area contributed by atoms with Crippen LogP contribution in [0.3, 0.4) is 0 Å². The first-order valence-electron chi connectivity index (χ1n) is 10.4. The van der Waals surface area contributed by atoms with E-state index in [1.165, 1.54) is 18.2 Å². The third-order valence-electron chi connectivity index (χ3n) is 5.35. The van der Waals surface area contributed by atoms with Crippen molar-refractivity contribution in [1.82, 2.24) is 15.5 Å². The van der Waals surface area contributed by atoms with Gasteiger partial charge in [0.15, 0.2) is 5.96 Å². The number of benzene rings is 2. The molecule has 2 aromatic carbocycles. The minimum atomic E-state index is -0.586. The van der Waals surface area contributed by atoms with Crippen molar-refractivity contribution in [3.63, 3.8) is 0 Å². The lowest BCUT2D eigenvalue weighted by atomic mass is 9.90. The average molecular weight is 430 g/mol. The Balaban J connectivity index is 1.75. The zero-order chi connectivity index (χ0) is 22.4. The minimum absolute atomic E-state index is 0.00228. The smallest absolute Gasteiger partial charge is 0.225 e. The van der Waals surface area contributed by atoms with E-state index in [2.05, 4.69) is 20.9 Å². The monoisotopic (exact) mass is 429 g/mol. The molecule has 8 heteroatoms. The van der Waals surface area contributed by atoms with Gasteiger partial charge in [0.1, 0.15) is 11.6 Å². The fraction of sp³-hybridized carbons (Fsp3) is 0.391. The second kappa shape index (κ2) is 10.3. The number of halogens is 2. The van der Waals surface area contributed by atoms with Crippen molar-refractivity contribution in [3.05, 3.63) is 65.2 Å². The summed E-state index contributed by atoms with van der Waals surface area (Å²) in [4.78, 5) is 18.4. The van der Waals surface area contributed by atoms with E-state index in [1.54, 1.807) is 19.0 Å². The van der Waals surface area contributed by atoms with Gasteiger partial charge in [-0.3, -0.25) is 9.79 Å². The Hall–Kier alpha value is -3.00. The summed E-state index contributed by atoms with van der Waals surface area (Å²) < 4.78 is 28.6. The molecule has 0 spiro atoms. The molecule has 166 valence electrons. The highest BCUT2D eigenvalue weighted by atomic mass is 19.1. The third kappa shape index (κ3) is 5.58. The Kier molecular flexibility index (Phi) is 7.57. The number of hydrogen-bond acceptors (Lipinski definition) is 3. The molecule has 1 amide bonds. The summed E-state index contributed by atoms with van der Waals surface area (Å²) in [6.07, 6.45) is 0.379. The van der Waals surface area contributed by atoms with Gasteiger partial charge in [0, 0.05) is 36.7 Å². The second-order valence-corrected chi connectivity index (χ2v) is 7.75. The van der Waals surface area contributed by atoms with Crippen molar-refractivity contribution in [3.8, 4) is 0 Å². The van der Waals surface area contributed by atoms with E-state index in [1.807, 2.05) is 31.2 Å². The van der Waals surface area contributed by atoms with E-state index in [4.69, 9.17) is 0 Å². The topological polar surface area (TPSA) is 68.8 Å². The predicted octanol–water partition coefficient (Wildman–Crippen LogP) is 3.25. The minimum Gasteiger partial charge on any atom is -0.357 e. The van der Waals surface area contributed by atoms with Crippen molar-refractivity contribution in [2.75, 3.05) is 39.0 Å². The van der Waals surface area contributed by atoms with Crippen molar-refractivity contribution >= 4 is 17.6 Å². The number of rotatable bonds is 7. The van der Waals surface area contributed by atoms with E-state index in [9.17, 15) is 13.6 Å². The number of nitrogens with one attached hydrogen (secondary N) is 3. The number of para-hydroxylation sites is 1. The Morgan fingerprint density at radius 3 is 2.55 bits per heavy atom. The maximum Gasteiger partial charge on any atom is 0.225 e. The van der Waals surface area contributed by atoms with Gasteiger partial charge in [-0.25, -0.2) is 8.78 Å². The van der Waals surface area contributed by atoms with Gasteiger partial charge in [0.2, 0.25) is 5.91 Å². The lowest BCUT2D eigenvalue weighted by Gasteiger charge is -2.27. The lowest BCUT2D eigenvalue weighted by molar-refractivity contribution is -0.116. The largest absolute Gasteiger partial charge is 0.357 e. The van der Waals surface area contributed by atoms with Gasteiger partial charge in [-0.15, -0.1) is 0 Å². The predicted molar refractivity (Wildman–Crippen MR) is 119 cm³/mol. The maximum absolute atomic E-state index is 14.3.